The van der Waals surface area contributed by atoms with Gasteiger partial charge in [0.2, 0.25) is 0 Å². The molecule has 0 spiro atoms. The minimum absolute atomic E-state index is 0.273. The molecule has 3 heteroatoms. The summed E-state index contributed by atoms with van der Waals surface area (Å²) in [6, 6.07) is 2.50. The van der Waals surface area contributed by atoms with Crippen LogP contribution in [0.15, 0.2) is 0 Å². The average Bonchev–Trinajstić information content (AvgIpc) is 3.25. The molecule has 0 aliphatic heterocycles. The van der Waals surface area contributed by atoms with Crippen molar-refractivity contribution in [3.8, 4) is 6.07 Å². The molecule has 0 aromatic rings. The van der Waals surface area contributed by atoms with Crippen molar-refractivity contribution in [2.45, 2.75) is 63.9 Å². The summed E-state index contributed by atoms with van der Waals surface area (Å²) in [7, 11) is 1.63. The number of hydrogen-bond acceptors (Lipinski definition) is 3. The quantitative estimate of drug-likeness (QED) is 0.802. The zero-order valence-corrected chi connectivity index (χ0v) is 12.3. The summed E-state index contributed by atoms with van der Waals surface area (Å²) in [6.45, 7) is 2.53. The molecule has 0 radical (unpaired) electrons. The molecule has 1 atom stereocenters. The van der Waals surface area contributed by atoms with Crippen LogP contribution in [-0.4, -0.2) is 24.4 Å². The zero-order valence-electron chi connectivity index (χ0n) is 12.3. The number of ether oxygens (including phenoxy) is 1. The molecule has 0 amide bonds. The predicted octanol–water partition coefficient (Wildman–Crippen LogP) is 3.27. The van der Waals surface area contributed by atoms with E-state index in [1.54, 1.807) is 7.11 Å². The van der Waals surface area contributed by atoms with Crippen molar-refractivity contribution in [2.24, 2.45) is 17.3 Å². The zero-order chi connectivity index (χ0) is 13.9. The van der Waals surface area contributed by atoms with Crippen LogP contribution in [0.1, 0.15) is 58.3 Å². The van der Waals surface area contributed by atoms with E-state index in [-0.39, 0.29) is 5.92 Å². The normalized spacial score (nSPS) is 34.5. The third-order valence-corrected chi connectivity index (χ3v) is 5.32. The Labute approximate surface area is 117 Å². The summed E-state index contributed by atoms with van der Waals surface area (Å²) < 4.78 is 5.26. The lowest BCUT2D eigenvalue weighted by Crippen LogP contribution is -2.54. The topological polar surface area (TPSA) is 53.2 Å². The molecule has 108 valence electrons. The molecule has 3 nitrogen and oxygen atoms in total. The van der Waals surface area contributed by atoms with E-state index in [1.165, 1.54) is 12.8 Å². The standard InChI is InChI=1S/C16H27NO2/c1-3-4-13-7-9-15(11-17,10-8-13)16(18,12-19-2)14-5-6-14/h13-14,18H,3-10,12H2,1-2H3. The Morgan fingerprint density at radius 2 is 1.95 bits per heavy atom. The lowest BCUT2D eigenvalue weighted by atomic mass is 9.60. The van der Waals surface area contributed by atoms with Crippen LogP contribution >= 0.6 is 0 Å². The van der Waals surface area contributed by atoms with E-state index in [1.807, 2.05) is 0 Å². The van der Waals surface area contributed by atoms with Gasteiger partial charge in [0, 0.05) is 7.11 Å². The van der Waals surface area contributed by atoms with Gasteiger partial charge in [-0.3, -0.25) is 0 Å². The fraction of sp³-hybridized carbons (Fsp3) is 0.938. The van der Waals surface area contributed by atoms with Crippen molar-refractivity contribution in [3.63, 3.8) is 0 Å². The first-order valence-electron chi connectivity index (χ1n) is 7.74. The molecule has 0 aromatic heterocycles. The summed E-state index contributed by atoms with van der Waals surface area (Å²) in [5.41, 5.74) is -1.50. The van der Waals surface area contributed by atoms with Crippen LogP contribution in [0, 0.1) is 28.6 Å². The molecule has 0 bridgehead atoms. The molecule has 2 aliphatic rings. The minimum atomic E-state index is -0.923. The lowest BCUT2D eigenvalue weighted by Gasteiger charge is -2.46. The van der Waals surface area contributed by atoms with Gasteiger partial charge in [0.15, 0.2) is 0 Å². The predicted molar refractivity (Wildman–Crippen MR) is 74.5 cm³/mol. The van der Waals surface area contributed by atoms with Gasteiger partial charge in [0.05, 0.1) is 18.1 Å². The second-order valence-corrected chi connectivity index (χ2v) is 6.56. The Hall–Kier alpha value is -0.590. The van der Waals surface area contributed by atoms with Crippen molar-refractivity contribution in [1.29, 1.82) is 5.26 Å². The Balaban J connectivity index is 2.12. The van der Waals surface area contributed by atoms with Crippen LogP contribution in [0.2, 0.25) is 0 Å². The van der Waals surface area contributed by atoms with E-state index in [0.29, 0.717) is 6.61 Å². The van der Waals surface area contributed by atoms with E-state index in [0.717, 1.165) is 44.4 Å². The summed E-state index contributed by atoms with van der Waals surface area (Å²) >= 11 is 0. The maximum absolute atomic E-state index is 11.1. The monoisotopic (exact) mass is 265 g/mol. The number of hydrogen-bond donors (Lipinski definition) is 1. The highest BCUT2D eigenvalue weighted by molar-refractivity contribution is 5.17. The van der Waals surface area contributed by atoms with Crippen LogP contribution in [-0.2, 0) is 4.74 Å². The Morgan fingerprint density at radius 3 is 2.37 bits per heavy atom. The minimum Gasteiger partial charge on any atom is -0.386 e. The van der Waals surface area contributed by atoms with Crippen molar-refractivity contribution in [1.82, 2.24) is 0 Å². The fourth-order valence-electron chi connectivity index (χ4n) is 3.94. The maximum atomic E-state index is 11.1. The molecule has 0 heterocycles. The second-order valence-electron chi connectivity index (χ2n) is 6.56. The number of rotatable bonds is 6. The third kappa shape index (κ3) is 2.66. The molecule has 1 unspecified atom stereocenters. The van der Waals surface area contributed by atoms with Crippen molar-refractivity contribution < 1.29 is 9.84 Å². The van der Waals surface area contributed by atoms with Crippen molar-refractivity contribution in [3.05, 3.63) is 0 Å². The van der Waals surface area contributed by atoms with E-state index in [9.17, 15) is 10.4 Å². The Morgan fingerprint density at radius 1 is 1.32 bits per heavy atom. The highest BCUT2D eigenvalue weighted by atomic mass is 16.5. The number of methoxy groups -OCH3 is 1. The molecule has 2 saturated carbocycles. The van der Waals surface area contributed by atoms with Crippen LogP contribution in [0.4, 0.5) is 0 Å². The van der Waals surface area contributed by atoms with Crippen LogP contribution in [0.3, 0.4) is 0 Å². The van der Waals surface area contributed by atoms with Gasteiger partial charge in [-0.1, -0.05) is 19.8 Å². The van der Waals surface area contributed by atoms with Crippen molar-refractivity contribution in [2.75, 3.05) is 13.7 Å². The van der Waals surface area contributed by atoms with Gasteiger partial charge in [-0.05, 0) is 50.4 Å². The summed E-state index contributed by atoms with van der Waals surface area (Å²) in [6.07, 6.45) is 8.40. The molecular formula is C16H27NO2. The van der Waals surface area contributed by atoms with E-state index < -0.39 is 11.0 Å². The summed E-state index contributed by atoms with van der Waals surface area (Å²) in [5.74, 6) is 1.02. The first-order chi connectivity index (χ1) is 9.12. The smallest absolute Gasteiger partial charge is 0.109 e. The SMILES string of the molecule is CCCC1CCC(C#N)(C(O)(COC)C2CC2)CC1. The largest absolute Gasteiger partial charge is 0.386 e. The highest BCUT2D eigenvalue weighted by Crippen LogP contribution is 2.55. The van der Waals surface area contributed by atoms with Gasteiger partial charge >= 0.3 is 0 Å². The average molecular weight is 265 g/mol. The van der Waals surface area contributed by atoms with Gasteiger partial charge in [0.25, 0.3) is 0 Å². The molecule has 2 rings (SSSR count). The third-order valence-electron chi connectivity index (χ3n) is 5.32. The van der Waals surface area contributed by atoms with Gasteiger partial charge in [-0.2, -0.15) is 5.26 Å². The molecular weight excluding hydrogens is 238 g/mol. The first kappa shape index (κ1) is 14.8. The molecule has 1 N–H and O–H groups in total. The number of nitriles is 1. The lowest BCUT2D eigenvalue weighted by molar-refractivity contribution is -0.133. The van der Waals surface area contributed by atoms with Gasteiger partial charge < -0.3 is 9.84 Å². The molecule has 0 saturated heterocycles. The Bertz CT molecular complexity index is 337. The summed E-state index contributed by atoms with van der Waals surface area (Å²) in [5, 5.41) is 20.8. The molecule has 19 heavy (non-hydrogen) atoms. The van der Waals surface area contributed by atoms with Crippen LogP contribution < -0.4 is 0 Å². The maximum Gasteiger partial charge on any atom is 0.109 e. The van der Waals surface area contributed by atoms with E-state index in [4.69, 9.17) is 4.74 Å². The van der Waals surface area contributed by atoms with Gasteiger partial charge in [-0.25, -0.2) is 0 Å². The van der Waals surface area contributed by atoms with Gasteiger partial charge in [-0.15, -0.1) is 0 Å². The molecule has 2 aliphatic carbocycles. The van der Waals surface area contributed by atoms with Crippen LogP contribution in [0.5, 0.6) is 0 Å². The molecule has 2 fully saturated rings. The van der Waals surface area contributed by atoms with Crippen molar-refractivity contribution >= 4 is 0 Å². The summed E-state index contributed by atoms with van der Waals surface area (Å²) in [4.78, 5) is 0. The number of nitrogens with zero attached hydrogens (tertiary/aromatic N) is 1. The fourth-order valence-corrected chi connectivity index (χ4v) is 3.94. The number of aliphatic hydroxyl groups is 1. The van der Waals surface area contributed by atoms with E-state index >= 15 is 0 Å². The first-order valence-corrected chi connectivity index (χ1v) is 7.74. The second kappa shape index (κ2) is 5.81. The van der Waals surface area contributed by atoms with Gasteiger partial charge in [0.1, 0.15) is 5.60 Å². The van der Waals surface area contributed by atoms with E-state index in [2.05, 4.69) is 13.0 Å². The highest BCUT2D eigenvalue weighted by Gasteiger charge is 2.59. The van der Waals surface area contributed by atoms with Crippen LogP contribution in [0.25, 0.3) is 0 Å². The molecule has 0 aromatic carbocycles. The Kier molecular flexibility index (Phi) is 4.53.